The maximum Gasteiger partial charge on any atom is 0.393 e. The second-order valence-electron chi connectivity index (χ2n) is 33.1. The first-order valence-corrected chi connectivity index (χ1v) is 39.6. The van der Waals surface area contributed by atoms with E-state index >= 15 is 28.8 Å². The Morgan fingerprint density at radius 3 is 1.72 bits per heavy atom. The van der Waals surface area contributed by atoms with E-state index in [1.54, 1.807) is 21.0 Å². The summed E-state index contributed by atoms with van der Waals surface area (Å²) in [6, 6.07) is -11.2. The lowest BCUT2D eigenvalue weighted by atomic mass is 9.78. The molecule has 2 saturated heterocycles. The number of nitrogens with one attached hydrogen (secondary N) is 3. The zero-order valence-corrected chi connectivity index (χ0v) is 67.5. The van der Waals surface area contributed by atoms with Gasteiger partial charge in [-0.15, -0.1) is 11.6 Å². The molecular formula is C77H128ClF3N12O13. The molecule has 29 heteroatoms. The van der Waals surface area contributed by atoms with Crippen LogP contribution in [0.5, 0.6) is 0 Å². The Balaban J connectivity index is 1.48. The highest BCUT2D eigenvalue weighted by Crippen LogP contribution is 2.44. The molecule has 6 fully saturated rings. The number of halogens is 4. The summed E-state index contributed by atoms with van der Waals surface area (Å²) in [5.41, 5.74) is -1.63. The molecule has 0 aromatic heterocycles. The number of alkyl halides is 4. The number of carbonyl (C=O) groups is 12. The van der Waals surface area contributed by atoms with Crippen molar-refractivity contribution in [2.24, 2.45) is 47.3 Å². The summed E-state index contributed by atoms with van der Waals surface area (Å²) in [5.74, 6) is -10.9. The van der Waals surface area contributed by atoms with Gasteiger partial charge in [-0.3, -0.25) is 57.5 Å². The van der Waals surface area contributed by atoms with E-state index in [0.717, 1.165) is 30.6 Å². The van der Waals surface area contributed by atoms with Gasteiger partial charge >= 0.3 is 6.18 Å². The molecule has 2 heterocycles. The minimum absolute atomic E-state index is 0.00539. The SMILES string of the molecule is CC[C@H](C)[C@@H]1NC(=O)[C@H](CC(C)C)N(C)C(=O)C[C@@H](C(=O)N(C)C)N(C)C(=O)[C@H]([C@@H](C)CC)N(C)C(=O)C2(CCCC2)NC(=O)[C@H](CC2CCC(OC)CC2)N(C)C(=O)[C@H](CCC2CCC(C(F)(F)F)C(Cl)C2)NC(=O)CN(C)C(=O)[C@H](CC2CCC(C)CC2)N(C)C(=O)[C@@H]2CCN2C(=O)[C@H](C)N(C)C1=O. The van der Waals surface area contributed by atoms with E-state index in [0.29, 0.717) is 57.3 Å². The van der Waals surface area contributed by atoms with Crippen LogP contribution in [0, 0.1) is 47.3 Å². The molecule has 2 aliphatic heterocycles. The van der Waals surface area contributed by atoms with Crippen molar-refractivity contribution in [2.75, 3.05) is 83.6 Å². The largest absolute Gasteiger partial charge is 0.393 e. The molecule has 25 nitrogen and oxygen atoms in total. The number of methoxy groups -OCH3 is 1. The van der Waals surface area contributed by atoms with Crippen LogP contribution < -0.4 is 16.0 Å². The van der Waals surface area contributed by atoms with Crippen molar-refractivity contribution < 1.29 is 75.4 Å². The Kier molecular flexibility index (Phi) is 32.5. The lowest BCUT2D eigenvalue weighted by Gasteiger charge is -2.45. The highest BCUT2D eigenvalue weighted by Gasteiger charge is 2.52. The molecule has 14 atom stereocenters. The van der Waals surface area contributed by atoms with Crippen molar-refractivity contribution in [3.05, 3.63) is 0 Å². The number of fused-ring (bicyclic) bond motifs is 1. The summed E-state index contributed by atoms with van der Waals surface area (Å²) in [6.45, 7) is 14.2. The summed E-state index contributed by atoms with van der Waals surface area (Å²) < 4.78 is 48.2. The monoisotopic (exact) mass is 1520 g/mol. The molecule has 602 valence electrons. The average Bonchev–Trinajstić information content (AvgIpc) is 1.46. The maximum absolute atomic E-state index is 15.8. The molecule has 4 saturated carbocycles. The Hall–Kier alpha value is -6.32. The molecule has 4 aliphatic carbocycles. The highest BCUT2D eigenvalue weighted by molar-refractivity contribution is 6.21. The van der Waals surface area contributed by atoms with E-state index in [4.69, 9.17) is 16.3 Å². The predicted molar refractivity (Wildman–Crippen MR) is 397 cm³/mol. The standard InChI is InChI=1S/C77H128ClF3N12O13/c1-19-47(6)64-73(103)87(12)49(8)68(98)93-38-35-57(93)72(102)90(15)60(42-51-25-23-46(5)24-26-51)71(101)86(11)44-62(94)82-56(34-30-50-29-33-54(55(78)40-50)77(79,80)81)69(99)89(14)59(41-52-27-31-53(106-18)32-28-52)67(97)84-76(36-21-22-37-76)75(105)92(17)65(48(7)20-2)74(104)91(16)61(70(100)85(9)10)43-63(95)88(13)58(39-45(3)4)66(96)83-64/h45-61,64-65H,19-44H2,1-18H3,(H,82,94)(H,83,96)(H,84,97)/t46?,47-,48-,49-,50?,51?,52?,53?,54?,55?,56-,57-,58-,59-,60-,61-,64-,65-/m0/s1. The molecule has 3 unspecified atom stereocenters. The molecule has 3 N–H and O–H groups in total. The minimum Gasteiger partial charge on any atom is -0.381 e. The Bertz CT molecular complexity index is 3070. The van der Waals surface area contributed by atoms with Crippen LogP contribution in [0.3, 0.4) is 0 Å². The summed E-state index contributed by atoms with van der Waals surface area (Å²) in [6.07, 6.45) is 3.33. The lowest BCUT2D eigenvalue weighted by Crippen LogP contribution is -2.65. The van der Waals surface area contributed by atoms with Crippen molar-refractivity contribution in [2.45, 2.75) is 287 Å². The van der Waals surface area contributed by atoms with Crippen molar-refractivity contribution in [1.82, 2.24) is 60.0 Å². The zero-order valence-electron chi connectivity index (χ0n) is 66.7. The number of hydrogen-bond acceptors (Lipinski definition) is 13. The van der Waals surface area contributed by atoms with E-state index in [2.05, 4.69) is 22.9 Å². The second-order valence-corrected chi connectivity index (χ2v) is 33.6. The van der Waals surface area contributed by atoms with Gasteiger partial charge in [0, 0.05) is 82.5 Å². The van der Waals surface area contributed by atoms with E-state index in [-0.39, 0.29) is 101 Å². The Morgan fingerprint density at radius 1 is 0.623 bits per heavy atom. The molecular weight excluding hydrogens is 1390 g/mol. The highest BCUT2D eigenvalue weighted by atomic mass is 35.5. The number of rotatable bonds is 15. The van der Waals surface area contributed by atoms with Crippen molar-refractivity contribution in [3.8, 4) is 0 Å². The quantitative estimate of drug-likeness (QED) is 0.137. The van der Waals surface area contributed by atoms with Gasteiger partial charge in [-0.1, -0.05) is 99.8 Å². The topological polar surface area (TPSA) is 279 Å². The van der Waals surface area contributed by atoms with Gasteiger partial charge in [0.15, 0.2) is 0 Å². The third kappa shape index (κ3) is 21.8. The molecule has 12 amide bonds. The summed E-state index contributed by atoms with van der Waals surface area (Å²) in [5, 5.41) is 7.70. The first-order valence-electron chi connectivity index (χ1n) is 39.2. The summed E-state index contributed by atoms with van der Waals surface area (Å²) >= 11 is 6.48. The summed E-state index contributed by atoms with van der Waals surface area (Å²) in [4.78, 5) is 193. The first-order chi connectivity index (χ1) is 49.6. The third-order valence-corrected chi connectivity index (χ3v) is 25.5. The van der Waals surface area contributed by atoms with Gasteiger partial charge in [0.25, 0.3) is 0 Å². The molecule has 0 bridgehead atoms. The fraction of sp³-hybridized carbons (Fsp3) is 0.844. The number of amides is 12. The van der Waals surface area contributed by atoms with Crippen molar-refractivity contribution in [3.63, 3.8) is 0 Å². The van der Waals surface area contributed by atoms with Crippen LogP contribution in [0.15, 0.2) is 0 Å². The predicted octanol–water partition coefficient (Wildman–Crippen LogP) is 7.23. The average molecular weight is 1520 g/mol. The van der Waals surface area contributed by atoms with Gasteiger partial charge in [-0.25, -0.2) is 0 Å². The number of likely N-dealkylation sites (N-methyl/N-ethyl adjacent to an activating group) is 8. The Labute approximate surface area is 633 Å². The van der Waals surface area contributed by atoms with Gasteiger partial charge in [0.05, 0.1) is 25.0 Å². The molecule has 1 spiro atoms. The van der Waals surface area contributed by atoms with Crippen LogP contribution in [0.2, 0.25) is 0 Å². The molecule has 0 aromatic carbocycles. The Morgan fingerprint density at radius 2 is 1.19 bits per heavy atom. The van der Waals surface area contributed by atoms with Crippen LogP contribution in [0.1, 0.15) is 209 Å². The van der Waals surface area contributed by atoms with Gasteiger partial charge in [0.2, 0.25) is 70.9 Å². The number of nitrogens with zero attached hydrogens (tertiary/aromatic N) is 9. The normalized spacial score (nSPS) is 32.2. The molecule has 106 heavy (non-hydrogen) atoms. The van der Waals surface area contributed by atoms with Crippen LogP contribution in [-0.2, 0) is 62.3 Å². The van der Waals surface area contributed by atoms with E-state index in [1.165, 1.54) is 110 Å². The molecule has 0 radical (unpaired) electrons. The number of hydrogen-bond donors (Lipinski definition) is 3. The van der Waals surface area contributed by atoms with E-state index in [9.17, 15) is 41.9 Å². The second kappa shape index (κ2) is 38.8. The van der Waals surface area contributed by atoms with E-state index in [1.807, 2.05) is 27.7 Å². The maximum atomic E-state index is 15.8. The first kappa shape index (κ1) is 88.6. The van der Waals surface area contributed by atoms with Gasteiger partial charge in [-0.2, -0.15) is 13.2 Å². The van der Waals surface area contributed by atoms with Gasteiger partial charge in [-0.05, 0) is 145 Å². The summed E-state index contributed by atoms with van der Waals surface area (Å²) in [7, 11) is 14.6. The number of ether oxygens (including phenoxy) is 1. The van der Waals surface area contributed by atoms with Crippen LogP contribution in [0.4, 0.5) is 13.2 Å². The smallest absolute Gasteiger partial charge is 0.381 e. The van der Waals surface area contributed by atoms with Crippen LogP contribution in [0.25, 0.3) is 0 Å². The number of carbonyl (C=O) groups excluding carboxylic acids is 12. The lowest BCUT2D eigenvalue weighted by molar-refractivity contribution is -0.182. The van der Waals surface area contributed by atoms with Crippen LogP contribution >= 0.6 is 11.6 Å². The minimum atomic E-state index is -4.53. The van der Waals surface area contributed by atoms with Gasteiger partial charge < -0.3 is 64.8 Å². The van der Waals surface area contributed by atoms with Crippen molar-refractivity contribution >= 4 is 82.5 Å². The molecule has 6 aliphatic rings. The fourth-order valence-corrected chi connectivity index (χ4v) is 17.5. The molecule has 0 aromatic rings. The van der Waals surface area contributed by atoms with Gasteiger partial charge in [0.1, 0.15) is 59.9 Å². The zero-order chi connectivity index (χ0) is 79.3. The third-order valence-electron chi connectivity index (χ3n) is 25.0. The fourth-order valence-electron chi connectivity index (χ4n) is 17.0. The van der Waals surface area contributed by atoms with E-state index < -0.39 is 179 Å². The van der Waals surface area contributed by atoms with Crippen molar-refractivity contribution in [1.29, 1.82) is 0 Å². The molecule has 6 rings (SSSR count). The van der Waals surface area contributed by atoms with Crippen LogP contribution in [-0.4, -0.2) is 276 Å².